The van der Waals surface area contributed by atoms with Gasteiger partial charge in [0.25, 0.3) is 0 Å². The molecular weight excluding hydrogens is 382 g/mol. The number of rotatable bonds is 4. The van der Waals surface area contributed by atoms with E-state index in [9.17, 15) is 13.2 Å². The van der Waals surface area contributed by atoms with Crippen molar-refractivity contribution < 1.29 is 13.2 Å². The van der Waals surface area contributed by atoms with Crippen LogP contribution in [0.4, 0.5) is 5.13 Å². The quantitative estimate of drug-likeness (QED) is 0.727. The average molecular weight is 402 g/mol. The van der Waals surface area contributed by atoms with E-state index in [4.69, 9.17) is 0 Å². The zero-order chi connectivity index (χ0) is 19.0. The number of aryl methyl sites for hydroxylation is 1. The van der Waals surface area contributed by atoms with Gasteiger partial charge in [-0.05, 0) is 49.6 Å². The van der Waals surface area contributed by atoms with Gasteiger partial charge in [0.15, 0.2) is 5.13 Å². The predicted octanol–water partition coefficient (Wildman–Crippen LogP) is 3.40. The van der Waals surface area contributed by atoms with Crippen molar-refractivity contribution in [3.63, 3.8) is 0 Å². The molecule has 0 unspecified atom stereocenters. The molecule has 2 heterocycles. The highest BCUT2D eigenvalue weighted by Gasteiger charge is 2.39. The van der Waals surface area contributed by atoms with E-state index in [0.717, 1.165) is 15.8 Å². The molecule has 0 spiro atoms. The number of sulfonamides is 1. The zero-order valence-corrected chi connectivity index (χ0v) is 16.4. The van der Waals surface area contributed by atoms with Crippen LogP contribution in [-0.4, -0.2) is 36.2 Å². The lowest BCUT2D eigenvalue weighted by Gasteiger charge is -2.22. The molecule has 0 bridgehead atoms. The number of hydrogen-bond donors (Lipinski definition) is 1. The molecule has 1 aliphatic rings. The number of carbonyl (C=O) groups excluding carboxylic acids is 1. The summed E-state index contributed by atoms with van der Waals surface area (Å²) in [6.45, 7) is 2.34. The van der Waals surface area contributed by atoms with E-state index < -0.39 is 16.1 Å². The molecule has 8 heteroatoms. The number of thiazole rings is 1. The molecule has 140 valence electrons. The van der Waals surface area contributed by atoms with Gasteiger partial charge in [-0.25, -0.2) is 13.4 Å². The SMILES string of the molecule is Cc1ccc2nc(NC(=O)[C@H]3CCCN3S(=O)(=O)c3ccccc3)sc2c1. The minimum Gasteiger partial charge on any atom is -0.301 e. The summed E-state index contributed by atoms with van der Waals surface area (Å²) in [7, 11) is -3.70. The van der Waals surface area contributed by atoms with E-state index in [1.807, 2.05) is 25.1 Å². The normalized spacial score (nSPS) is 18.0. The highest BCUT2D eigenvalue weighted by Crippen LogP contribution is 2.29. The van der Waals surface area contributed by atoms with E-state index in [1.165, 1.54) is 15.6 Å². The van der Waals surface area contributed by atoms with Crippen LogP contribution in [-0.2, 0) is 14.8 Å². The van der Waals surface area contributed by atoms with E-state index in [2.05, 4.69) is 10.3 Å². The van der Waals surface area contributed by atoms with Crippen LogP contribution >= 0.6 is 11.3 Å². The van der Waals surface area contributed by atoms with Crippen molar-refractivity contribution in [2.24, 2.45) is 0 Å². The van der Waals surface area contributed by atoms with Gasteiger partial charge in [-0.3, -0.25) is 4.79 Å². The summed E-state index contributed by atoms with van der Waals surface area (Å²) in [5.41, 5.74) is 1.95. The number of nitrogens with zero attached hydrogens (tertiary/aromatic N) is 2. The lowest BCUT2D eigenvalue weighted by Crippen LogP contribution is -2.43. The van der Waals surface area contributed by atoms with Crippen molar-refractivity contribution in [1.29, 1.82) is 0 Å². The molecule has 3 aromatic rings. The Morgan fingerprint density at radius 3 is 2.78 bits per heavy atom. The van der Waals surface area contributed by atoms with Gasteiger partial charge in [0.2, 0.25) is 15.9 Å². The molecule has 0 saturated carbocycles. The molecular formula is C19H19N3O3S2. The van der Waals surface area contributed by atoms with Crippen molar-refractivity contribution in [2.45, 2.75) is 30.7 Å². The fourth-order valence-electron chi connectivity index (χ4n) is 3.29. The average Bonchev–Trinajstić information content (AvgIpc) is 3.29. The Balaban J connectivity index is 1.57. The molecule has 1 fully saturated rings. The van der Waals surface area contributed by atoms with Gasteiger partial charge in [0, 0.05) is 6.54 Å². The first kappa shape index (κ1) is 18.1. The smallest absolute Gasteiger partial charge is 0.244 e. The summed E-state index contributed by atoms with van der Waals surface area (Å²) in [6.07, 6.45) is 1.16. The highest BCUT2D eigenvalue weighted by molar-refractivity contribution is 7.89. The van der Waals surface area contributed by atoms with Crippen LogP contribution in [0.5, 0.6) is 0 Å². The second-order valence-electron chi connectivity index (χ2n) is 6.57. The largest absolute Gasteiger partial charge is 0.301 e. The zero-order valence-electron chi connectivity index (χ0n) is 14.8. The molecule has 1 amide bonds. The molecule has 1 aliphatic heterocycles. The summed E-state index contributed by atoms with van der Waals surface area (Å²) in [5, 5.41) is 3.30. The van der Waals surface area contributed by atoms with Crippen LogP contribution in [0.2, 0.25) is 0 Å². The third kappa shape index (κ3) is 3.47. The maximum atomic E-state index is 12.9. The summed E-state index contributed by atoms with van der Waals surface area (Å²) in [5.74, 6) is -0.331. The molecule has 0 radical (unpaired) electrons. The van der Waals surface area contributed by atoms with E-state index >= 15 is 0 Å². The Kier molecular flexibility index (Phi) is 4.71. The molecule has 6 nitrogen and oxygen atoms in total. The molecule has 1 atom stereocenters. The van der Waals surface area contributed by atoms with Crippen molar-refractivity contribution in [3.8, 4) is 0 Å². The summed E-state index contributed by atoms with van der Waals surface area (Å²) in [6, 6.07) is 13.4. The summed E-state index contributed by atoms with van der Waals surface area (Å²) < 4.78 is 28.1. The van der Waals surface area contributed by atoms with Crippen LogP contribution in [0, 0.1) is 6.92 Å². The predicted molar refractivity (Wildman–Crippen MR) is 106 cm³/mol. The molecule has 0 aliphatic carbocycles. The van der Waals surface area contributed by atoms with Crippen LogP contribution in [0.3, 0.4) is 0 Å². The van der Waals surface area contributed by atoms with Crippen molar-refractivity contribution in [1.82, 2.24) is 9.29 Å². The number of carbonyl (C=O) groups is 1. The number of hydrogen-bond acceptors (Lipinski definition) is 5. The fraction of sp³-hybridized carbons (Fsp3) is 0.263. The Morgan fingerprint density at radius 1 is 1.22 bits per heavy atom. The maximum Gasteiger partial charge on any atom is 0.244 e. The lowest BCUT2D eigenvalue weighted by atomic mass is 10.2. The van der Waals surface area contributed by atoms with E-state index in [1.54, 1.807) is 30.3 Å². The molecule has 1 N–H and O–H groups in total. The van der Waals surface area contributed by atoms with Gasteiger partial charge >= 0.3 is 0 Å². The first-order valence-electron chi connectivity index (χ1n) is 8.70. The number of benzene rings is 2. The minimum absolute atomic E-state index is 0.208. The molecule has 27 heavy (non-hydrogen) atoms. The fourth-order valence-corrected chi connectivity index (χ4v) is 5.94. The standard InChI is InChI=1S/C19H19N3O3S2/c1-13-9-10-15-17(12-13)26-19(20-15)21-18(23)16-8-5-11-22(16)27(24,25)14-6-3-2-4-7-14/h2-4,6-7,9-10,12,16H,5,8,11H2,1H3,(H,20,21,23)/t16-/m1/s1. The third-order valence-electron chi connectivity index (χ3n) is 4.63. The van der Waals surface area contributed by atoms with Crippen LogP contribution in [0.25, 0.3) is 10.2 Å². The van der Waals surface area contributed by atoms with Crippen LogP contribution < -0.4 is 5.32 Å². The Morgan fingerprint density at radius 2 is 2.00 bits per heavy atom. The van der Waals surface area contributed by atoms with Gasteiger partial charge < -0.3 is 5.32 Å². The van der Waals surface area contributed by atoms with Gasteiger partial charge in [0.1, 0.15) is 6.04 Å². The number of nitrogens with one attached hydrogen (secondary N) is 1. The summed E-state index contributed by atoms with van der Waals surface area (Å²) >= 11 is 1.39. The van der Waals surface area contributed by atoms with Crippen molar-refractivity contribution in [2.75, 3.05) is 11.9 Å². The number of fused-ring (bicyclic) bond motifs is 1. The van der Waals surface area contributed by atoms with Crippen LogP contribution in [0.15, 0.2) is 53.4 Å². The monoisotopic (exact) mass is 401 g/mol. The van der Waals surface area contributed by atoms with E-state index in [-0.39, 0.29) is 10.8 Å². The number of amides is 1. The molecule has 1 aromatic heterocycles. The van der Waals surface area contributed by atoms with Crippen LogP contribution in [0.1, 0.15) is 18.4 Å². The topological polar surface area (TPSA) is 79.4 Å². The Labute approximate surface area is 161 Å². The first-order valence-corrected chi connectivity index (χ1v) is 11.0. The summed E-state index contributed by atoms with van der Waals surface area (Å²) in [4.78, 5) is 17.4. The lowest BCUT2D eigenvalue weighted by molar-refractivity contribution is -0.119. The molecule has 2 aromatic carbocycles. The minimum atomic E-state index is -3.70. The van der Waals surface area contributed by atoms with E-state index in [0.29, 0.717) is 24.5 Å². The second kappa shape index (κ2) is 7.03. The number of anilines is 1. The second-order valence-corrected chi connectivity index (χ2v) is 9.49. The van der Waals surface area contributed by atoms with Crippen molar-refractivity contribution in [3.05, 3.63) is 54.1 Å². The number of aromatic nitrogens is 1. The molecule has 1 saturated heterocycles. The van der Waals surface area contributed by atoms with Gasteiger partial charge in [-0.1, -0.05) is 35.6 Å². The molecule has 4 rings (SSSR count). The highest BCUT2D eigenvalue weighted by atomic mass is 32.2. The first-order chi connectivity index (χ1) is 12.9. The van der Waals surface area contributed by atoms with Crippen molar-refractivity contribution >= 4 is 42.6 Å². The third-order valence-corrected chi connectivity index (χ3v) is 7.49. The van der Waals surface area contributed by atoms with Gasteiger partial charge in [0.05, 0.1) is 15.1 Å². The maximum absolute atomic E-state index is 12.9. The Hall–Kier alpha value is -2.29. The van der Waals surface area contributed by atoms with Gasteiger partial charge in [-0.2, -0.15) is 4.31 Å². The van der Waals surface area contributed by atoms with Gasteiger partial charge in [-0.15, -0.1) is 0 Å². The Bertz CT molecular complexity index is 1090.